The van der Waals surface area contributed by atoms with Gasteiger partial charge < -0.3 is 14.5 Å². The summed E-state index contributed by atoms with van der Waals surface area (Å²) in [5.74, 6) is 0.801. The van der Waals surface area contributed by atoms with Crippen molar-refractivity contribution < 1.29 is 13.9 Å². The van der Waals surface area contributed by atoms with E-state index in [4.69, 9.17) is 4.74 Å². The maximum atomic E-state index is 13.3. The number of rotatable bonds is 3. The molecule has 36 heavy (non-hydrogen) atoms. The normalized spacial score (nSPS) is 18.7. The van der Waals surface area contributed by atoms with E-state index in [9.17, 15) is 9.18 Å². The third-order valence-corrected chi connectivity index (χ3v) is 8.00. The lowest BCUT2D eigenvalue weighted by Crippen LogP contribution is -2.49. The first-order valence-corrected chi connectivity index (χ1v) is 12.8. The number of aryl methyl sites for hydroxylation is 1. The highest BCUT2D eigenvalue weighted by atomic mass is 19.1. The molecule has 0 saturated carbocycles. The molecule has 2 aliphatic heterocycles. The van der Waals surface area contributed by atoms with Crippen molar-refractivity contribution in [2.45, 2.75) is 53.1 Å². The van der Waals surface area contributed by atoms with Gasteiger partial charge in [0.05, 0.1) is 5.92 Å². The fourth-order valence-corrected chi connectivity index (χ4v) is 5.99. The number of hydrogen-bond acceptors (Lipinski definition) is 3. The second-order valence-electron chi connectivity index (χ2n) is 10.8. The first-order valence-electron chi connectivity index (χ1n) is 12.8. The molecule has 1 unspecified atom stereocenters. The van der Waals surface area contributed by atoms with E-state index in [2.05, 4.69) is 70.7 Å². The predicted octanol–water partition coefficient (Wildman–Crippen LogP) is 6.32. The lowest BCUT2D eigenvalue weighted by Gasteiger charge is -2.38. The van der Waals surface area contributed by atoms with Crippen LogP contribution in [-0.2, 0) is 0 Å². The second kappa shape index (κ2) is 8.95. The fourth-order valence-electron chi connectivity index (χ4n) is 5.99. The predicted molar refractivity (Wildman–Crippen MR) is 143 cm³/mol. The molecule has 4 nitrogen and oxygen atoms in total. The molecule has 1 fully saturated rings. The standard InChI is InChI=1S/C31H35FN2O2/c1-19-7-9-23(10-8-19)27-26-22(4)28(20(2)21(3)29(26)36-31(27,5)6)33-15-17-34(18-16-33)30(35)24-11-13-25(32)14-12-24/h7-14,27H,15-18H2,1-6H3. The van der Waals surface area contributed by atoms with Gasteiger partial charge in [-0.25, -0.2) is 4.39 Å². The van der Waals surface area contributed by atoms with Gasteiger partial charge in [0.25, 0.3) is 5.91 Å². The number of fused-ring (bicyclic) bond motifs is 1. The van der Waals surface area contributed by atoms with Gasteiger partial charge in [-0.3, -0.25) is 4.79 Å². The minimum atomic E-state index is -0.349. The van der Waals surface area contributed by atoms with Crippen LogP contribution < -0.4 is 9.64 Å². The van der Waals surface area contributed by atoms with Crippen molar-refractivity contribution in [3.63, 3.8) is 0 Å². The zero-order valence-electron chi connectivity index (χ0n) is 22.1. The van der Waals surface area contributed by atoms with Gasteiger partial charge in [-0.15, -0.1) is 0 Å². The Labute approximate surface area is 213 Å². The molecule has 1 amide bonds. The number of halogens is 1. The molecule has 5 rings (SSSR count). The Morgan fingerprint density at radius 2 is 1.47 bits per heavy atom. The molecule has 3 aromatic rings. The van der Waals surface area contributed by atoms with Gasteiger partial charge in [-0.2, -0.15) is 0 Å². The molecule has 0 spiro atoms. The second-order valence-corrected chi connectivity index (χ2v) is 10.8. The smallest absolute Gasteiger partial charge is 0.253 e. The molecule has 1 saturated heterocycles. The summed E-state index contributed by atoms with van der Waals surface area (Å²) in [6, 6.07) is 14.6. The van der Waals surface area contributed by atoms with E-state index in [1.165, 1.54) is 51.2 Å². The van der Waals surface area contributed by atoms with Crippen LogP contribution in [0.1, 0.15) is 63.5 Å². The Hall–Kier alpha value is -3.34. The van der Waals surface area contributed by atoms with E-state index in [0.717, 1.165) is 18.8 Å². The number of anilines is 1. The van der Waals surface area contributed by atoms with Crippen molar-refractivity contribution in [3.8, 4) is 5.75 Å². The molecular weight excluding hydrogens is 451 g/mol. The summed E-state index contributed by atoms with van der Waals surface area (Å²) in [6.45, 7) is 15.8. The van der Waals surface area contributed by atoms with Crippen LogP contribution in [0.3, 0.4) is 0 Å². The summed E-state index contributed by atoms with van der Waals surface area (Å²) in [4.78, 5) is 17.3. The maximum absolute atomic E-state index is 13.3. The van der Waals surface area contributed by atoms with Crippen LogP contribution in [-0.4, -0.2) is 42.6 Å². The highest BCUT2D eigenvalue weighted by Gasteiger charge is 2.45. The van der Waals surface area contributed by atoms with Crippen LogP contribution in [0.15, 0.2) is 48.5 Å². The quantitative estimate of drug-likeness (QED) is 0.434. The lowest BCUT2D eigenvalue weighted by molar-refractivity contribution is 0.0746. The maximum Gasteiger partial charge on any atom is 0.253 e. The molecule has 2 aliphatic rings. The molecule has 3 aromatic carbocycles. The SMILES string of the molecule is Cc1ccc(C2c3c(C)c(N4CCN(C(=O)c5ccc(F)cc5)CC4)c(C)c(C)c3OC2(C)C)cc1. The Bertz CT molecular complexity index is 1300. The van der Waals surface area contributed by atoms with Crippen LogP contribution in [0.2, 0.25) is 0 Å². The molecule has 0 aromatic heterocycles. The van der Waals surface area contributed by atoms with Crippen LogP contribution in [0.4, 0.5) is 10.1 Å². The van der Waals surface area contributed by atoms with E-state index >= 15 is 0 Å². The molecule has 0 N–H and O–H groups in total. The highest BCUT2D eigenvalue weighted by molar-refractivity contribution is 5.94. The Kier molecular flexibility index (Phi) is 6.06. The average molecular weight is 487 g/mol. The van der Waals surface area contributed by atoms with Crippen LogP contribution in [0.5, 0.6) is 5.75 Å². The van der Waals surface area contributed by atoms with Crippen molar-refractivity contribution in [2.75, 3.05) is 31.1 Å². The summed E-state index contributed by atoms with van der Waals surface area (Å²) >= 11 is 0. The van der Waals surface area contributed by atoms with E-state index in [0.29, 0.717) is 18.7 Å². The van der Waals surface area contributed by atoms with Crippen molar-refractivity contribution >= 4 is 11.6 Å². The number of piperazine rings is 1. The third kappa shape index (κ3) is 4.04. The summed E-state index contributed by atoms with van der Waals surface area (Å²) in [6.07, 6.45) is 0. The molecule has 5 heteroatoms. The van der Waals surface area contributed by atoms with Gasteiger partial charge >= 0.3 is 0 Å². The average Bonchev–Trinajstić information content (AvgIpc) is 3.15. The Balaban J connectivity index is 1.46. The van der Waals surface area contributed by atoms with Crippen molar-refractivity contribution in [2.24, 2.45) is 0 Å². The number of carbonyl (C=O) groups is 1. The number of amides is 1. The van der Waals surface area contributed by atoms with Crippen LogP contribution >= 0.6 is 0 Å². The third-order valence-electron chi connectivity index (χ3n) is 8.00. The van der Waals surface area contributed by atoms with Gasteiger partial charge in [0, 0.05) is 43.0 Å². The Morgan fingerprint density at radius 1 is 0.861 bits per heavy atom. The van der Waals surface area contributed by atoms with Gasteiger partial charge in [0.1, 0.15) is 17.2 Å². The van der Waals surface area contributed by atoms with Crippen LogP contribution in [0, 0.1) is 33.5 Å². The number of carbonyl (C=O) groups excluding carboxylic acids is 1. The van der Waals surface area contributed by atoms with Gasteiger partial charge in [0.2, 0.25) is 0 Å². The van der Waals surface area contributed by atoms with E-state index < -0.39 is 0 Å². The monoisotopic (exact) mass is 486 g/mol. The molecule has 0 aliphatic carbocycles. The van der Waals surface area contributed by atoms with Crippen molar-refractivity contribution in [1.82, 2.24) is 4.90 Å². The van der Waals surface area contributed by atoms with E-state index in [-0.39, 0.29) is 23.2 Å². The molecule has 1 atom stereocenters. The molecule has 0 bridgehead atoms. The Morgan fingerprint density at radius 3 is 2.08 bits per heavy atom. The zero-order valence-corrected chi connectivity index (χ0v) is 22.1. The van der Waals surface area contributed by atoms with E-state index in [1.54, 1.807) is 12.1 Å². The summed E-state index contributed by atoms with van der Waals surface area (Å²) in [5.41, 5.74) is 8.96. The molecule has 0 radical (unpaired) electrons. The lowest BCUT2D eigenvalue weighted by atomic mass is 9.78. The highest BCUT2D eigenvalue weighted by Crippen LogP contribution is 2.54. The molecule has 2 heterocycles. The number of ether oxygens (including phenoxy) is 1. The molecular formula is C31H35FN2O2. The van der Waals surface area contributed by atoms with Crippen LogP contribution in [0.25, 0.3) is 0 Å². The van der Waals surface area contributed by atoms with Gasteiger partial charge in [-0.05, 0) is 88.1 Å². The van der Waals surface area contributed by atoms with Gasteiger partial charge in [-0.1, -0.05) is 29.8 Å². The first kappa shape index (κ1) is 24.4. The molecule has 188 valence electrons. The van der Waals surface area contributed by atoms with Crippen molar-refractivity contribution in [1.29, 1.82) is 0 Å². The number of nitrogens with zero attached hydrogens (tertiary/aromatic N) is 2. The minimum Gasteiger partial charge on any atom is -0.486 e. The van der Waals surface area contributed by atoms with Gasteiger partial charge in [0.15, 0.2) is 0 Å². The fraction of sp³-hybridized carbons (Fsp3) is 0.387. The number of benzene rings is 3. The largest absolute Gasteiger partial charge is 0.486 e. The minimum absolute atomic E-state index is 0.0391. The summed E-state index contributed by atoms with van der Waals surface area (Å²) in [5, 5.41) is 0. The summed E-state index contributed by atoms with van der Waals surface area (Å²) in [7, 11) is 0. The summed E-state index contributed by atoms with van der Waals surface area (Å²) < 4.78 is 19.9. The van der Waals surface area contributed by atoms with Crippen molar-refractivity contribution in [3.05, 3.63) is 93.3 Å². The van der Waals surface area contributed by atoms with E-state index in [1.807, 2.05) is 4.90 Å². The number of hydrogen-bond donors (Lipinski definition) is 0. The zero-order chi connectivity index (χ0) is 25.8. The topological polar surface area (TPSA) is 32.8 Å². The first-order chi connectivity index (χ1) is 17.1.